The van der Waals surface area contributed by atoms with E-state index in [2.05, 4.69) is 20.8 Å². The monoisotopic (exact) mass is 194 g/mol. The number of rotatable bonds is 1. The molecule has 2 atom stereocenters. The summed E-state index contributed by atoms with van der Waals surface area (Å²) in [6.45, 7) is 6.47. The number of ether oxygens (including phenoxy) is 1. The topological polar surface area (TPSA) is 26.3 Å². The van der Waals surface area contributed by atoms with Crippen molar-refractivity contribution in [2.75, 3.05) is 7.11 Å². The zero-order valence-corrected chi connectivity index (χ0v) is 9.39. The minimum absolute atomic E-state index is 0.0458. The number of carbonyl (C=O) groups excluding carboxylic acids is 1. The Morgan fingerprint density at radius 1 is 1.43 bits per heavy atom. The summed E-state index contributed by atoms with van der Waals surface area (Å²) in [7, 11) is 1.66. The third kappa shape index (κ3) is 0.891. The molecule has 0 aromatic heterocycles. The Morgan fingerprint density at radius 3 is 2.64 bits per heavy atom. The van der Waals surface area contributed by atoms with E-state index in [9.17, 15) is 4.79 Å². The van der Waals surface area contributed by atoms with E-state index < -0.39 is 0 Å². The van der Waals surface area contributed by atoms with Crippen molar-refractivity contribution in [2.45, 2.75) is 33.6 Å². The SMILES string of the molecule is COC1=CC(=O)C2(C)CCC1C2(C)C. The molecule has 0 amide bonds. The van der Waals surface area contributed by atoms with E-state index in [1.807, 2.05) is 0 Å². The molecule has 0 aromatic rings. The van der Waals surface area contributed by atoms with Crippen LogP contribution in [0.3, 0.4) is 0 Å². The summed E-state index contributed by atoms with van der Waals surface area (Å²) in [6.07, 6.45) is 3.78. The molecule has 2 heteroatoms. The first-order chi connectivity index (χ1) is 6.43. The van der Waals surface area contributed by atoms with Gasteiger partial charge in [0.1, 0.15) is 5.76 Å². The van der Waals surface area contributed by atoms with Gasteiger partial charge in [-0.15, -0.1) is 0 Å². The van der Waals surface area contributed by atoms with Crippen LogP contribution < -0.4 is 0 Å². The number of ketones is 1. The third-order valence-corrected chi connectivity index (χ3v) is 4.62. The fourth-order valence-corrected chi connectivity index (χ4v) is 3.03. The molecule has 2 rings (SSSR count). The molecule has 0 radical (unpaired) electrons. The van der Waals surface area contributed by atoms with Crippen LogP contribution in [-0.2, 0) is 9.53 Å². The smallest absolute Gasteiger partial charge is 0.165 e. The van der Waals surface area contributed by atoms with E-state index in [0.29, 0.717) is 5.92 Å². The summed E-state index contributed by atoms with van der Waals surface area (Å²) in [5.41, 5.74) is -0.121. The van der Waals surface area contributed by atoms with Crippen molar-refractivity contribution < 1.29 is 9.53 Å². The van der Waals surface area contributed by atoms with Crippen LogP contribution >= 0.6 is 0 Å². The first-order valence-electron chi connectivity index (χ1n) is 5.23. The summed E-state index contributed by atoms with van der Waals surface area (Å²) >= 11 is 0. The van der Waals surface area contributed by atoms with Crippen molar-refractivity contribution >= 4 is 5.78 Å². The lowest BCUT2D eigenvalue weighted by atomic mass is 9.60. The molecule has 2 aliphatic carbocycles. The Hall–Kier alpha value is -0.790. The van der Waals surface area contributed by atoms with Gasteiger partial charge in [-0.3, -0.25) is 4.79 Å². The maximum atomic E-state index is 12.0. The van der Waals surface area contributed by atoms with Crippen molar-refractivity contribution in [3.63, 3.8) is 0 Å². The predicted octanol–water partition coefficient (Wildman–Crippen LogP) is 2.54. The molecule has 2 aliphatic rings. The molecule has 0 aliphatic heterocycles. The zero-order valence-electron chi connectivity index (χ0n) is 9.39. The second-order valence-electron chi connectivity index (χ2n) is 5.26. The predicted molar refractivity (Wildman–Crippen MR) is 54.7 cm³/mol. The van der Waals surface area contributed by atoms with E-state index in [1.54, 1.807) is 13.2 Å². The van der Waals surface area contributed by atoms with Gasteiger partial charge in [-0.05, 0) is 18.3 Å². The largest absolute Gasteiger partial charge is 0.501 e. The highest BCUT2D eigenvalue weighted by Crippen LogP contribution is 2.61. The fourth-order valence-electron chi connectivity index (χ4n) is 3.03. The summed E-state index contributed by atoms with van der Waals surface area (Å²) in [4.78, 5) is 12.0. The van der Waals surface area contributed by atoms with Gasteiger partial charge >= 0.3 is 0 Å². The molecule has 0 saturated heterocycles. The maximum Gasteiger partial charge on any atom is 0.165 e. The maximum absolute atomic E-state index is 12.0. The minimum atomic E-state index is -0.167. The molecule has 1 saturated carbocycles. The lowest BCUT2D eigenvalue weighted by molar-refractivity contribution is -0.130. The van der Waals surface area contributed by atoms with Gasteiger partial charge in [0, 0.05) is 17.4 Å². The molecule has 0 spiro atoms. The number of hydrogen-bond acceptors (Lipinski definition) is 2. The van der Waals surface area contributed by atoms with Crippen molar-refractivity contribution in [1.29, 1.82) is 0 Å². The molecular formula is C12H18O2. The van der Waals surface area contributed by atoms with Gasteiger partial charge in [-0.25, -0.2) is 0 Å². The number of allylic oxidation sites excluding steroid dienone is 2. The van der Waals surface area contributed by atoms with Crippen molar-refractivity contribution in [3.05, 3.63) is 11.8 Å². The van der Waals surface area contributed by atoms with Gasteiger partial charge in [-0.2, -0.15) is 0 Å². The van der Waals surface area contributed by atoms with Crippen LogP contribution in [0.5, 0.6) is 0 Å². The lowest BCUT2D eigenvalue weighted by Crippen LogP contribution is -2.43. The number of methoxy groups -OCH3 is 1. The number of carbonyl (C=O) groups is 1. The lowest BCUT2D eigenvalue weighted by Gasteiger charge is -2.43. The quantitative estimate of drug-likeness (QED) is 0.641. The average Bonchev–Trinajstić information content (AvgIpc) is 2.29. The Labute approximate surface area is 85.3 Å². The Kier molecular flexibility index (Phi) is 1.82. The summed E-state index contributed by atoms with van der Waals surface area (Å²) in [6, 6.07) is 0. The molecular weight excluding hydrogens is 176 g/mol. The normalized spacial score (nSPS) is 39.6. The van der Waals surface area contributed by atoms with E-state index in [4.69, 9.17) is 4.74 Å². The first kappa shape index (κ1) is 9.75. The first-order valence-corrected chi connectivity index (χ1v) is 5.23. The number of hydrogen-bond donors (Lipinski definition) is 0. The van der Waals surface area contributed by atoms with Crippen molar-refractivity contribution in [2.24, 2.45) is 16.7 Å². The summed E-state index contributed by atoms with van der Waals surface area (Å²) in [5.74, 6) is 1.55. The average molecular weight is 194 g/mol. The highest BCUT2D eigenvalue weighted by Gasteiger charge is 2.59. The second-order valence-corrected chi connectivity index (χ2v) is 5.26. The van der Waals surface area contributed by atoms with Crippen molar-refractivity contribution in [3.8, 4) is 0 Å². The minimum Gasteiger partial charge on any atom is -0.501 e. The fraction of sp³-hybridized carbons (Fsp3) is 0.750. The number of fused-ring (bicyclic) bond motifs is 2. The molecule has 78 valence electrons. The standard InChI is InChI=1S/C12H18O2/c1-11(2)8-5-6-12(11,3)10(13)7-9(8)14-4/h7-8H,5-6H2,1-4H3. The molecule has 1 fully saturated rings. The van der Waals surface area contributed by atoms with Crippen LogP contribution in [-0.4, -0.2) is 12.9 Å². The molecule has 0 N–H and O–H groups in total. The van der Waals surface area contributed by atoms with Crippen molar-refractivity contribution in [1.82, 2.24) is 0 Å². The highest BCUT2D eigenvalue weighted by atomic mass is 16.5. The van der Waals surface area contributed by atoms with Crippen LogP contribution in [0.25, 0.3) is 0 Å². The molecule has 0 heterocycles. The Balaban J connectivity index is 2.53. The van der Waals surface area contributed by atoms with Crippen LogP contribution in [0, 0.1) is 16.7 Å². The van der Waals surface area contributed by atoms with Gasteiger partial charge in [0.05, 0.1) is 7.11 Å². The van der Waals surface area contributed by atoms with Crippen LogP contribution in [0.2, 0.25) is 0 Å². The molecule has 2 unspecified atom stereocenters. The molecule has 2 nitrogen and oxygen atoms in total. The van der Waals surface area contributed by atoms with Gasteiger partial charge in [0.2, 0.25) is 0 Å². The van der Waals surface area contributed by atoms with Gasteiger partial charge in [0.15, 0.2) is 5.78 Å². The third-order valence-electron chi connectivity index (χ3n) is 4.62. The van der Waals surface area contributed by atoms with Crippen LogP contribution in [0.1, 0.15) is 33.6 Å². The molecule has 2 bridgehead atoms. The summed E-state index contributed by atoms with van der Waals surface area (Å²) in [5, 5.41) is 0. The summed E-state index contributed by atoms with van der Waals surface area (Å²) < 4.78 is 5.31. The zero-order chi connectivity index (χ0) is 10.6. The Bertz CT molecular complexity index is 314. The van der Waals surface area contributed by atoms with Gasteiger partial charge < -0.3 is 4.74 Å². The van der Waals surface area contributed by atoms with E-state index in [1.165, 1.54) is 0 Å². The highest BCUT2D eigenvalue weighted by molar-refractivity contribution is 5.97. The van der Waals surface area contributed by atoms with E-state index in [0.717, 1.165) is 18.6 Å². The Morgan fingerprint density at radius 2 is 2.07 bits per heavy atom. The van der Waals surface area contributed by atoms with Crippen LogP contribution in [0.15, 0.2) is 11.8 Å². The molecule has 14 heavy (non-hydrogen) atoms. The van der Waals surface area contributed by atoms with Gasteiger partial charge in [-0.1, -0.05) is 20.8 Å². The molecule has 0 aromatic carbocycles. The van der Waals surface area contributed by atoms with Crippen LogP contribution in [0.4, 0.5) is 0 Å². The van der Waals surface area contributed by atoms with E-state index in [-0.39, 0.29) is 16.6 Å². The van der Waals surface area contributed by atoms with E-state index >= 15 is 0 Å². The second kappa shape index (κ2) is 2.62. The van der Waals surface area contributed by atoms with Gasteiger partial charge in [0.25, 0.3) is 0 Å².